The van der Waals surface area contributed by atoms with Gasteiger partial charge in [-0.25, -0.2) is 4.98 Å². The minimum Gasteiger partial charge on any atom is -0.355 e. The molecular formula is C13H23ClN4. The third-order valence-corrected chi connectivity index (χ3v) is 3.44. The molecule has 0 aromatic carbocycles. The Bertz CT molecular complexity index is 381. The van der Waals surface area contributed by atoms with Gasteiger partial charge in [0.15, 0.2) is 5.82 Å². The quantitative estimate of drug-likeness (QED) is 0.860. The molecule has 102 valence electrons. The van der Waals surface area contributed by atoms with Crippen molar-refractivity contribution in [2.75, 3.05) is 23.8 Å². The monoisotopic (exact) mass is 270 g/mol. The highest BCUT2D eigenvalue weighted by atomic mass is 35.5. The third kappa shape index (κ3) is 3.73. The highest BCUT2D eigenvalue weighted by Crippen LogP contribution is 2.26. The van der Waals surface area contributed by atoms with Crippen LogP contribution in [0.15, 0.2) is 6.20 Å². The van der Waals surface area contributed by atoms with Crippen LogP contribution in [0.1, 0.15) is 34.1 Å². The van der Waals surface area contributed by atoms with Crippen LogP contribution in [0.5, 0.6) is 0 Å². The first-order valence-corrected chi connectivity index (χ1v) is 6.84. The number of halogens is 1. The van der Waals surface area contributed by atoms with Crippen molar-refractivity contribution in [1.29, 1.82) is 0 Å². The Kier molecular flexibility index (Phi) is 5.66. The van der Waals surface area contributed by atoms with E-state index in [4.69, 9.17) is 11.6 Å². The topological polar surface area (TPSA) is 41.1 Å². The lowest BCUT2D eigenvalue weighted by atomic mass is 10.1. The van der Waals surface area contributed by atoms with Crippen LogP contribution in [0, 0.1) is 5.92 Å². The Labute approximate surface area is 115 Å². The maximum absolute atomic E-state index is 6.18. The van der Waals surface area contributed by atoms with Crippen LogP contribution in [-0.2, 0) is 0 Å². The largest absolute Gasteiger partial charge is 0.355 e. The summed E-state index contributed by atoms with van der Waals surface area (Å²) in [4.78, 5) is 10.8. The van der Waals surface area contributed by atoms with Crippen molar-refractivity contribution < 1.29 is 0 Å². The van der Waals surface area contributed by atoms with Crippen molar-refractivity contribution in [3.8, 4) is 0 Å². The molecule has 0 radical (unpaired) electrons. The fraction of sp³-hybridized carbons (Fsp3) is 0.692. The van der Waals surface area contributed by atoms with Crippen LogP contribution in [0.3, 0.4) is 0 Å². The second-order valence-corrected chi connectivity index (χ2v) is 5.29. The van der Waals surface area contributed by atoms with Crippen molar-refractivity contribution in [1.82, 2.24) is 9.97 Å². The molecule has 4 nitrogen and oxygen atoms in total. The van der Waals surface area contributed by atoms with Crippen LogP contribution in [0.4, 0.5) is 11.8 Å². The lowest BCUT2D eigenvalue weighted by Gasteiger charge is -2.29. The van der Waals surface area contributed by atoms with Gasteiger partial charge >= 0.3 is 0 Å². The molecule has 1 atom stereocenters. The van der Waals surface area contributed by atoms with Gasteiger partial charge in [0.05, 0.1) is 6.20 Å². The molecule has 0 aliphatic rings. The molecule has 0 bridgehead atoms. The molecule has 1 rings (SSSR count). The first-order valence-electron chi connectivity index (χ1n) is 6.46. The zero-order chi connectivity index (χ0) is 13.7. The summed E-state index contributed by atoms with van der Waals surface area (Å²) in [5, 5.41) is 3.77. The van der Waals surface area contributed by atoms with Gasteiger partial charge in [-0.1, -0.05) is 32.4 Å². The van der Waals surface area contributed by atoms with Crippen molar-refractivity contribution in [3.05, 3.63) is 11.2 Å². The second kappa shape index (κ2) is 6.78. The van der Waals surface area contributed by atoms with Crippen molar-refractivity contribution >= 4 is 23.4 Å². The smallest absolute Gasteiger partial charge is 0.224 e. The van der Waals surface area contributed by atoms with Gasteiger partial charge in [-0.2, -0.15) is 4.98 Å². The highest BCUT2D eigenvalue weighted by molar-refractivity contribution is 6.32. The summed E-state index contributed by atoms with van der Waals surface area (Å²) in [6, 6.07) is 0.372. The molecule has 0 aliphatic carbocycles. The van der Waals surface area contributed by atoms with E-state index in [2.05, 4.69) is 47.9 Å². The van der Waals surface area contributed by atoms with E-state index in [-0.39, 0.29) is 0 Å². The summed E-state index contributed by atoms with van der Waals surface area (Å²) in [5.74, 6) is 1.96. The average Bonchev–Trinajstić information content (AvgIpc) is 2.36. The molecule has 1 unspecified atom stereocenters. The summed E-state index contributed by atoms with van der Waals surface area (Å²) >= 11 is 6.18. The summed E-state index contributed by atoms with van der Waals surface area (Å²) in [6.45, 7) is 9.52. The fourth-order valence-electron chi connectivity index (χ4n) is 1.57. The molecule has 1 N–H and O–H groups in total. The molecule has 0 fully saturated rings. The summed E-state index contributed by atoms with van der Waals surface area (Å²) in [7, 11) is 2.02. The molecule has 0 aliphatic heterocycles. The Morgan fingerprint density at radius 2 is 2.06 bits per heavy atom. The van der Waals surface area contributed by atoms with Gasteiger partial charge in [-0.05, 0) is 19.3 Å². The number of nitrogens with zero attached hydrogens (tertiary/aromatic N) is 3. The molecule has 1 aromatic heterocycles. The first-order chi connectivity index (χ1) is 8.47. The lowest BCUT2D eigenvalue weighted by Crippen LogP contribution is -2.34. The normalized spacial score (nSPS) is 12.6. The minimum absolute atomic E-state index is 0.372. The number of anilines is 2. The minimum atomic E-state index is 0.372. The van der Waals surface area contributed by atoms with Gasteiger partial charge < -0.3 is 10.2 Å². The predicted octanol–water partition coefficient (Wildman–Crippen LogP) is 3.43. The van der Waals surface area contributed by atoms with E-state index in [1.54, 1.807) is 6.20 Å². The molecule has 0 saturated heterocycles. The molecule has 0 spiro atoms. The first kappa shape index (κ1) is 15.0. The predicted molar refractivity (Wildman–Crippen MR) is 78.5 cm³/mol. The molecule has 18 heavy (non-hydrogen) atoms. The maximum atomic E-state index is 6.18. The highest BCUT2D eigenvalue weighted by Gasteiger charge is 2.18. The summed E-state index contributed by atoms with van der Waals surface area (Å²) in [6.07, 6.45) is 2.70. The SMILES string of the molecule is CCCNc1ncc(Cl)c(N(C)C(C)C(C)C)n1. The van der Waals surface area contributed by atoms with E-state index in [0.29, 0.717) is 22.9 Å². The van der Waals surface area contributed by atoms with Gasteiger partial charge in [-0.15, -0.1) is 0 Å². The van der Waals surface area contributed by atoms with E-state index in [0.717, 1.165) is 18.8 Å². The van der Waals surface area contributed by atoms with E-state index < -0.39 is 0 Å². The van der Waals surface area contributed by atoms with Crippen molar-refractivity contribution in [2.45, 2.75) is 40.2 Å². The molecular weight excluding hydrogens is 248 g/mol. The Hall–Kier alpha value is -1.03. The van der Waals surface area contributed by atoms with Gasteiger partial charge in [0, 0.05) is 19.6 Å². The summed E-state index contributed by atoms with van der Waals surface area (Å²) < 4.78 is 0. The number of rotatable bonds is 6. The van der Waals surface area contributed by atoms with Gasteiger partial charge in [0.25, 0.3) is 0 Å². The standard InChI is InChI=1S/C13H23ClN4/c1-6-7-15-13-16-8-11(14)12(17-13)18(5)10(4)9(2)3/h8-10H,6-7H2,1-5H3,(H,15,16,17). The van der Waals surface area contributed by atoms with Gasteiger partial charge in [0.1, 0.15) is 5.02 Å². The van der Waals surface area contributed by atoms with E-state index in [1.165, 1.54) is 0 Å². The Morgan fingerprint density at radius 3 is 2.61 bits per heavy atom. The average molecular weight is 271 g/mol. The number of nitrogens with one attached hydrogen (secondary N) is 1. The zero-order valence-corrected chi connectivity index (χ0v) is 12.6. The van der Waals surface area contributed by atoms with Crippen molar-refractivity contribution in [3.63, 3.8) is 0 Å². The van der Waals surface area contributed by atoms with Crippen LogP contribution >= 0.6 is 11.6 Å². The second-order valence-electron chi connectivity index (χ2n) is 4.89. The molecule has 1 heterocycles. The van der Waals surface area contributed by atoms with Crippen LogP contribution in [0.25, 0.3) is 0 Å². The molecule has 1 aromatic rings. The molecule has 0 amide bonds. The van der Waals surface area contributed by atoms with E-state index >= 15 is 0 Å². The van der Waals surface area contributed by atoms with Gasteiger partial charge in [-0.3, -0.25) is 0 Å². The maximum Gasteiger partial charge on any atom is 0.224 e. The molecule has 5 heteroatoms. The van der Waals surface area contributed by atoms with Crippen molar-refractivity contribution in [2.24, 2.45) is 5.92 Å². The van der Waals surface area contributed by atoms with Crippen LogP contribution in [0.2, 0.25) is 5.02 Å². The third-order valence-electron chi connectivity index (χ3n) is 3.17. The number of hydrogen-bond acceptors (Lipinski definition) is 4. The van der Waals surface area contributed by atoms with E-state index in [9.17, 15) is 0 Å². The van der Waals surface area contributed by atoms with Gasteiger partial charge in [0.2, 0.25) is 5.95 Å². The number of hydrogen-bond donors (Lipinski definition) is 1. The lowest BCUT2D eigenvalue weighted by molar-refractivity contribution is 0.502. The Balaban J connectivity index is 2.92. The zero-order valence-electron chi connectivity index (χ0n) is 11.9. The van der Waals surface area contributed by atoms with Crippen LogP contribution in [-0.4, -0.2) is 29.6 Å². The van der Waals surface area contributed by atoms with E-state index in [1.807, 2.05) is 7.05 Å². The Morgan fingerprint density at radius 1 is 1.39 bits per heavy atom. The fourth-order valence-corrected chi connectivity index (χ4v) is 1.79. The van der Waals surface area contributed by atoms with Crippen LogP contribution < -0.4 is 10.2 Å². The molecule has 0 saturated carbocycles. The number of aromatic nitrogens is 2. The summed E-state index contributed by atoms with van der Waals surface area (Å²) in [5.41, 5.74) is 0.